The zero-order chi connectivity index (χ0) is 13.0. The van der Waals surface area contributed by atoms with Gasteiger partial charge in [0.05, 0.1) is 0 Å². The topological polar surface area (TPSA) is 78.4 Å². The minimum absolute atomic E-state index is 0.520. The molecule has 92 valence electrons. The lowest BCUT2D eigenvalue weighted by molar-refractivity contribution is -0.138. The summed E-state index contributed by atoms with van der Waals surface area (Å²) in [6, 6.07) is 4.11. The first kappa shape index (κ1) is 13.0. The van der Waals surface area contributed by atoms with E-state index in [9.17, 15) is 9.59 Å². The van der Waals surface area contributed by atoms with Gasteiger partial charge in [-0.25, -0.2) is 4.79 Å². The number of rotatable bonds is 3. The maximum atomic E-state index is 11.5. The number of carbonyl (C=O) groups excluding carboxylic acids is 1. The van der Waals surface area contributed by atoms with Crippen LogP contribution in [0.4, 0.5) is 10.5 Å². The van der Waals surface area contributed by atoms with Crippen LogP contribution >= 0.6 is 0 Å². The van der Waals surface area contributed by atoms with E-state index in [0.717, 1.165) is 11.1 Å². The van der Waals surface area contributed by atoms with E-state index in [4.69, 9.17) is 5.11 Å². The van der Waals surface area contributed by atoms with E-state index in [1.54, 1.807) is 6.07 Å². The Kier molecular flexibility index (Phi) is 4.09. The van der Waals surface area contributed by atoms with Crippen molar-refractivity contribution in [1.82, 2.24) is 5.32 Å². The molecule has 1 aromatic rings. The Hall–Kier alpha value is -2.04. The second kappa shape index (κ2) is 5.34. The Morgan fingerprint density at radius 2 is 1.94 bits per heavy atom. The maximum Gasteiger partial charge on any atom is 0.325 e. The number of carbonyl (C=O) groups is 2. The fourth-order valence-corrected chi connectivity index (χ4v) is 1.30. The van der Waals surface area contributed by atoms with E-state index in [0.29, 0.717) is 5.69 Å². The van der Waals surface area contributed by atoms with Gasteiger partial charge in [-0.3, -0.25) is 4.79 Å². The van der Waals surface area contributed by atoms with Gasteiger partial charge in [0.15, 0.2) is 0 Å². The molecule has 0 saturated heterocycles. The predicted octanol–water partition coefficient (Wildman–Crippen LogP) is 1.90. The third-order valence-electron chi connectivity index (χ3n) is 2.57. The number of hydrogen-bond donors (Lipinski definition) is 3. The molecule has 1 atom stereocenters. The zero-order valence-electron chi connectivity index (χ0n) is 10.1. The molecule has 0 heterocycles. The highest BCUT2D eigenvalue weighted by atomic mass is 16.4. The largest absolute Gasteiger partial charge is 0.480 e. The summed E-state index contributed by atoms with van der Waals surface area (Å²) in [5, 5.41) is 13.6. The number of aliphatic carboxylic acids is 1. The first-order chi connectivity index (χ1) is 7.91. The van der Waals surface area contributed by atoms with Crippen LogP contribution in [0, 0.1) is 13.8 Å². The molecule has 5 nitrogen and oxygen atoms in total. The molecule has 1 rings (SSSR count). The predicted molar refractivity (Wildman–Crippen MR) is 65.2 cm³/mol. The number of urea groups is 1. The minimum Gasteiger partial charge on any atom is -0.480 e. The Balaban J connectivity index is 2.69. The van der Waals surface area contributed by atoms with Crippen LogP contribution < -0.4 is 10.6 Å². The van der Waals surface area contributed by atoms with Crippen molar-refractivity contribution < 1.29 is 14.7 Å². The molecule has 5 heteroatoms. The summed E-state index contributed by atoms with van der Waals surface area (Å²) in [5.41, 5.74) is 2.71. The highest BCUT2D eigenvalue weighted by Crippen LogP contribution is 2.17. The molecule has 3 N–H and O–H groups in total. The summed E-state index contributed by atoms with van der Waals surface area (Å²) in [4.78, 5) is 22.1. The first-order valence-corrected chi connectivity index (χ1v) is 5.28. The summed E-state index contributed by atoms with van der Waals surface area (Å²) in [5.74, 6) is -1.07. The van der Waals surface area contributed by atoms with Crippen molar-refractivity contribution in [1.29, 1.82) is 0 Å². The maximum absolute atomic E-state index is 11.5. The molecule has 2 amide bonds. The molecule has 0 unspecified atom stereocenters. The van der Waals surface area contributed by atoms with Crippen molar-refractivity contribution in [3.05, 3.63) is 29.3 Å². The van der Waals surface area contributed by atoms with E-state index in [-0.39, 0.29) is 0 Å². The van der Waals surface area contributed by atoms with Gasteiger partial charge < -0.3 is 15.7 Å². The second-order valence-electron chi connectivity index (χ2n) is 3.91. The number of nitrogens with one attached hydrogen (secondary N) is 2. The quantitative estimate of drug-likeness (QED) is 0.750. The van der Waals surface area contributed by atoms with E-state index < -0.39 is 18.0 Å². The number of aryl methyl sites for hydroxylation is 1. The molecule has 0 spiro atoms. The van der Waals surface area contributed by atoms with Crippen LogP contribution in [0.5, 0.6) is 0 Å². The molecule has 0 fully saturated rings. The van der Waals surface area contributed by atoms with Crippen LogP contribution in [-0.2, 0) is 4.79 Å². The Labute approximate surface area is 99.8 Å². The molecule has 17 heavy (non-hydrogen) atoms. The van der Waals surface area contributed by atoms with E-state index in [1.807, 2.05) is 26.0 Å². The standard InChI is InChI=1S/C12H16N2O3/c1-7-5-4-6-10(8(7)2)14-12(17)13-9(3)11(15)16/h4-6,9H,1-3H3,(H,15,16)(H2,13,14,17)/t9-/m1/s1. The number of amides is 2. The van der Waals surface area contributed by atoms with Crippen molar-refractivity contribution >= 4 is 17.7 Å². The van der Waals surface area contributed by atoms with E-state index in [2.05, 4.69) is 10.6 Å². The van der Waals surface area contributed by atoms with Crippen LogP contribution in [-0.4, -0.2) is 23.1 Å². The molecule has 0 aliphatic rings. The van der Waals surface area contributed by atoms with Gasteiger partial charge in [0.25, 0.3) is 0 Å². The lowest BCUT2D eigenvalue weighted by atomic mass is 10.1. The summed E-state index contributed by atoms with van der Waals surface area (Å²) < 4.78 is 0. The first-order valence-electron chi connectivity index (χ1n) is 5.28. The van der Waals surface area contributed by atoms with Crippen LogP contribution in [0.25, 0.3) is 0 Å². The van der Waals surface area contributed by atoms with Crippen molar-refractivity contribution in [3.8, 4) is 0 Å². The van der Waals surface area contributed by atoms with Crippen molar-refractivity contribution in [2.75, 3.05) is 5.32 Å². The molecule has 0 aliphatic carbocycles. The van der Waals surface area contributed by atoms with Crippen LogP contribution in [0.2, 0.25) is 0 Å². The summed E-state index contributed by atoms with van der Waals surface area (Å²) >= 11 is 0. The zero-order valence-corrected chi connectivity index (χ0v) is 10.1. The summed E-state index contributed by atoms with van der Waals surface area (Å²) in [6.07, 6.45) is 0. The monoisotopic (exact) mass is 236 g/mol. The van der Waals surface area contributed by atoms with Gasteiger partial charge in [0, 0.05) is 5.69 Å². The summed E-state index contributed by atoms with van der Waals surface area (Å²) in [6.45, 7) is 5.24. The number of hydrogen-bond acceptors (Lipinski definition) is 2. The van der Waals surface area contributed by atoms with Crippen molar-refractivity contribution in [3.63, 3.8) is 0 Å². The summed E-state index contributed by atoms with van der Waals surface area (Å²) in [7, 11) is 0. The van der Waals surface area contributed by atoms with Gasteiger partial charge in [-0.15, -0.1) is 0 Å². The molecule has 1 aromatic carbocycles. The Morgan fingerprint density at radius 3 is 2.53 bits per heavy atom. The highest BCUT2D eigenvalue weighted by molar-refractivity contribution is 5.92. The lowest BCUT2D eigenvalue weighted by Crippen LogP contribution is -2.40. The average Bonchev–Trinajstić information content (AvgIpc) is 2.24. The fraction of sp³-hybridized carbons (Fsp3) is 0.333. The third-order valence-corrected chi connectivity index (χ3v) is 2.57. The van der Waals surface area contributed by atoms with Crippen molar-refractivity contribution in [2.24, 2.45) is 0 Å². The molecule has 0 bridgehead atoms. The van der Waals surface area contributed by atoms with Gasteiger partial charge in [-0.2, -0.15) is 0 Å². The van der Waals surface area contributed by atoms with Crippen molar-refractivity contribution in [2.45, 2.75) is 26.8 Å². The van der Waals surface area contributed by atoms with Crippen LogP contribution in [0.15, 0.2) is 18.2 Å². The second-order valence-corrected chi connectivity index (χ2v) is 3.91. The third kappa shape index (κ3) is 3.48. The highest BCUT2D eigenvalue weighted by Gasteiger charge is 2.14. The molecule has 0 radical (unpaired) electrons. The average molecular weight is 236 g/mol. The number of anilines is 1. The van der Waals surface area contributed by atoms with Crippen LogP contribution in [0.1, 0.15) is 18.1 Å². The number of carboxylic acid groups (broad SMARTS) is 1. The molecule has 0 saturated carbocycles. The Morgan fingerprint density at radius 1 is 1.29 bits per heavy atom. The van der Waals surface area contributed by atoms with Gasteiger partial charge >= 0.3 is 12.0 Å². The number of carboxylic acids is 1. The molecule has 0 aromatic heterocycles. The minimum atomic E-state index is -1.07. The lowest BCUT2D eigenvalue weighted by Gasteiger charge is -2.13. The molecular weight excluding hydrogens is 220 g/mol. The van der Waals surface area contributed by atoms with E-state index in [1.165, 1.54) is 6.92 Å². The smallest absolute Gasteiger partial charge is 0.325 e. The number of benzene rings is 1. The van der Waals surface area contributed by atoms with Gasteiger partial charge in [-0.1, -0.05) is 12.1 Å². The molecule has 0 aliphatic heterocycles. The van der Waals surface area contributed by atoms with E-state index >= 15 is 0 Å². The van der Waals surface area contributed by atoms with Crippen LogP contribution in [0.3, 0.4) is 0 Å². The molecular formula is C12H16N2O3. The SMILES string of the molecule is Cc1cccc(NC(=O)N[C@H](C)C(=O)O)c1C. The van der Waals surface area contributed by atoms with Gasteiger partial charge in [-0.05, 0) is 38.0 Å². The fourth-order valence-electron chi connectivity index (χ4n) is 1.30. The Bertz CT molecular complexity index is 443. The van der Waals surface area contributed by atoms with Gasteiger partial charge in [0.1, 0.15) is 6.04 Å². The normalized spacial score (nSPS) is 11.7. The van der Waals surface area contributed by atoms with Gasteiger partial charge in [0.2, 0.25) is 0 Å².